The smallest absolute Gasteiger partial charge is 0.269 e. The summed E-state index contributed by atoms with van der Waals surface area (Å²) in [6.45, 7) is 1.85. The number of nitro groups is 1. The number of hydrogen-bond acceptors (Lipinski definition) is 6. The van der Waals surface area contributed by atoms with E-state index in [-0.39, 0.29) is 5.69 Å². The van der Waals surface area contributed by atoms with Crippen LogP contribution in [0.15, 0.2) is 59.8 Å². The topological polar surface area (TPSA) is 78.2 Å². The number of rotatable bonds is 6. The Kier molecular flexibility index (Phi) is 5.70. The zero-order chi connectivity index (χ0) is 18.5. The molecule has 0 aliphatic rings. The molecule has 0 atom stereocenters. The lowest BCUT2D eigenvalue weighted by Gasteiger charge is -2.08. The normalized spacial score (nSPS) is 10.5. The van der Waals surface area contributed by atoms with Crippen LogP contribution >= 0.6 is 23.4 Å². The largest absolute Gasteiger partial charge is 0.439 e. The van der Waals surface area contributed by atoms with Crippen molar-refractivity contribution in [3.63, 3.8) is 0 Å². The van der Waals surface area contributed by atoms with Crippen molar-refractivity contribution in [1.82, 2.24) is 9.97 Å². The number of aryl methyl sites for hydroxylation is 1. The molecule has 1 aromatic heterocycles. The predicted octanol–water partition coefficient (Wildman–Crippen LogP) is 5.43. The molecule has 8 heteroatoms. The average Bonchev–Trinajstić information content (AvgIpc) is 2.60. The molecule has 0 amide bonds. The second-order valence-corrected chi connectivity index (χ2v) is 6.78. The Bertz CT molecular complexity index is 952. The van der Waals surface area contributed by atoms with Gasteiger partial charge >= 0.3 is 0 Å². The summed E-state index contributed by atoms with van der Waals surface area (Å²) in [5, 5.41) is 12.0. The lowest BCUT2D eigenvalue weighted by molar-refractivity contribution is -0.384. The van der Waals surface area contributed by atoms with E-state index in [2.05, 4.69) is 9.97 Å². The minimum atomic E-state index is -0.408. The SMILES string of the molecule is Cc1cc(Oc2cccc(Cl)c2)nc(SCc2cccc([N+](=O)[O-])c2)n1. The Hall–Kier alpha value is -2.64. The number of halogens is 1. The fraction of sp³-hybridized carbons (Fsp3) is 0.111. The summed E-state index contributed by atoms with van der Waals surface area (Å²) in [5.74, 6) is 1.52. The van der Waals surface area contributed by atoms with Crippen LogP contribution in [0.25, 0.3) is 0 Å². The van der Waals surface area contributed by atoms with Crippen molar-refractivity contribution >= 4 is 29.1 Å². The van der Waals surface area contributed by atoms with E-state index < -0.39 is 4.92 Å². The van der Waals surface area contributed by atoms with Gasteiger partial charge in [-0.05, 0) is 30.7 Å². The molecule has 0 saturated carbocycles. The van der Waals surface area contributed by atoms with Crippen molar-refractivity contribution in [1.29, 1.82) is 0 Å². The highest BCUT2D eigenvalue weighted by Gasteiger charge is 2.09. The first kappa shape index (κ1) is 18.2. The lowest BCUT2D eigenvalue weighted by Crippen LogP contribution is -1.95. The highest BCUT2D eigenvalue weighted by Crippen LogP contribution is 2.27. The first-order valence-electron chi connectivity index (χ1n) is 7.65. The van der Waals surface area contributed by atoms with E-state index in [1.54, 1.807) is 42.5 Å². The van der Waals surface area contributed by atoms with Gasteiger partial charge in [0.2, 0.25) is 5.88 Å². The van der Waals surface area contributed by atoms with E-state index in [1.807, 2.05) is 13.0 Å². The number of nitrogens with zero attached hydrogens (tertiary/aromatic N) is 3. The summed E-state index contributed by atoms with van der Waals surface area (Å²) in [7, 11) is 0. The van der Waals surface area contributed by atoms with Gasteiger partial charge in [-0.1, -0.05) is 41.6 Å². The minimum absolute atomic E-state index is 0.0678. The van der Waals surface area contributed by atoms with Gasteiger partial charge in [0.1, 0.15) is 5.75 Å². The molecule has 6 nitrogen and oxygen atoms in total. The monoisotopic (exact) mass is 387 g/mol. The molecule has 0 bridgehead atoms. The molecule has 26 heavy (non-hydrogen) atoms. The molecule has 0 unspecified atom stereocenters. The number of thioether (sulfide) groups is 1. The summed E-state index contributed by atoms with van der Waals surface area (Å²) in [6.07, 6.45) is 0. The number of benzene rings is 2. The number of aromatic nitrogens is 2. The van der Waals surface area contributed by atoms with Gasteiger partial charge < -0.3 is 4.74 Å². The summed E-state index contributed by atoms with van der Waals surface area (Å²) in [4.78, 5) is 19.2. The van der Waals surface area contributed by atoms with Gasteiger partial charge in [0.25, 0.3) is 5.69 Å². The van der Waals surface area contributed by atoms with Crippen molar-refractivity contribution in [2.24, 2.45) is 0 Å². The maximum Gasteiger partial charge on any atom is 0.269 e. The Morgan fingerprint density at radius 2 is 1.96 bits per heavy atom. The summed E-state index contributed by atoms with van der Waals surface area (Å²) in [6, 6.07) is 15.3. The first-order valence-corrected chi connectivity index (χ1v) is 9.01. The van der Waals surface area contributed by atoms with Crippen LogP contribution in [0.3, 0.4) is 0 Å². The van der Waals surface area contributed by atoms with E-state index in [0.717, 1.165) is 11.3 Å². The molecule has 2 aromatic carbocycles. The number of nitro benzene ring substituents is 1. The van der Waals surface area contributed by atoms with Crippen LogP contribution in [0.2, 0.25) is 5.02 Å². The first-order chi connectivity index (χ1) is 12.5. The highest BCUT2D eigenvalue weighted by atomic mass is 35.5. The molecule has 0 fully saturated rings. The van der Waals surface area contributed by atoms with Crippen LogP contribution in [-0.4, -0.2) is 14.9 Å². The van der Waals surface area contributed by atoms with Crippen molar-refractivity contribution < 1.29 is 9.66 Å². The molecule has 0 aliphatic carbocycles. The standard InChI is InChI=1S/C18H14ClN3O3S/c1-12-8-17(25-16-7-3-5-14(19)10-16)21-18(20-12)26-11-13-4-2-6-15(9-13)22(23)24/h2-10H,11H2,1H3. The molecule has 3 aromatic rings. The zero-order valence-corrected chi connectivity index (χ0v) is 15.3. The van der Waals surface area contributed by atoms with Crippen LogP contribution in [0.4, 0.5) is 5.69 Å². The predicted molar refractivity (Wildman–Crippen MR) is 101 cm³/mol. The van der Waals surface area contributed by atoms with Crippen molar-refractivity contribution in [2.45, 2.75) is 17.8 Å². The van der Waals surface area contributed by atoms with Crippen molar-refractivity contribution in [2.75, 3.05) is 0 Å². The van der Waals surface area contributed by atoms with Crippen LogP contribution in [0.5, 0.6) is 11.6 Å². The van der Waals surface area contributed by atoms with E-state index in [1.165, 1.54) is 17.8 Å². The fourth-order valence-corrected chi connectivity index (χ4v) is 3.21. The Labute approximate surface area is 159 Å². The number of ether oxygens (including phenoxy) is 1. The molecule has 0 N–H and O–H groups in total. The van der Waals surface area contributed by atoms with Crippen molar-refractivity contribution in [3.8, 4) is 11.6 Å². The quantitative estimate of drug-likeness (QED) is 0.243. The minimum Gasteiger partial charge on any atom is -0.439 e. The molecular weight excluding hydrogens is 374 g/mol. The lowest BCUT2D eigenvalue weighted by atomic mass is 10.2. The average molecular weight is 388 g/mol. The van der Waals surface area contributed by atoms with Crippen LogP contribution < -0.4 is 4.74 Å². The zero-order valence-electron chi connectivity index (χ0n) is 13.8. The summed E-state index contributed by atoms with van der Waals surface area (Å²) < 4.78 is 5.75. The molecule has 0 aliphatic heterocycles. The van der Waals surface area contributed by atoms with Gasteiger partial charge in [-0.15, -0.1) is 0 Å². The van der Waals surface area contributed by atoms with Crippen LogP contribution in [-0.2, 0) is 5.75 Å². The molecule has 132 valence electrons. The third kappa shape index (κ3) is 4.93. The van der Waals surface area contributed by atoms with Crippen molar-refractivity contribution in [3.05, 3.63) is 81.0 Å². The van der Waals surface area contributed by atoms with E-state index in [4.69, 9.17) is 16.3 Å². The molecule has 1 heterocycles. The number of hydrogen-bond donors (Lipinski definition) is 0. The number of non-ortho nitro benzene ring substituents is 1. The third-order valence-electron chi connectivity index (χ3n) is 3.32. The summed E-state index contributed by atoms with van der Waals surface area (Å²) in [5.41, 5.74) is 1.66. The molecular formula is C18H14ClN3O3S. The van der Waals surface area contributed by atoms with Crippen LogP contribution in [0, 0.1) is 17.0 Å². The maximum absolute atomic E-state index is 10.9. The maximum atomic E-state index is 10.9. The van der Waals surface area contributed by atoms with E-state index in [0.29, 0.717) is 27.6 Å². The van der Waals surface area contributed by atoms with E-state index in [9.17, 15) is 10.1 Å². The Morgan fingerprint density at radius 3 is 2.73 bits per heavy atom. The van der Waals surface area contributed by atoms with Gasteiger partial charge in [-0.25, -0.2) is 4.98 Å². The summed E-state index contributed by atoms with van der Waals surface area (Å²) >= 11 is 7.35. The second-order valence-electron chi connectivity index (χ2n) is 5.41. The molecule has 0 spiro atoms. The second kappa shape index (κ2) is 8.16. The molecule has 0 radical (unpaired) electrons. The van der Waals surface area contributed by atoms with Gasteiger partial charge in [0.05, 0.1) is 4.92 Å². The van der Waals surface area contributed by atoms with Crippen LogP contribution in [0.1, 0.15) is 11.3 Å². The van der Waals surface area contributed by atoms with Gasteiger partial charge in [-0.2, -0.15) is 4.98 Å². The third-order valence-corrected chi connectivity index (χ3v) is 4.47. The van der Waals surface area contributed by atoms with Gasteiger partial charge in [0, 0.05) is 34.7 Å². The highest BCUT2D eigenvalue weighted by molar-refractivity contribution is 7.98. The van der Waals surface area contributed by atoms with E-state index >= 15 is 0 Å². The van der Waals surface area contributed by atoms with Gasteiger partial charge in [0.15, 0.2) is 5.16 Å². The Balaban J connectivity index is 1.73. The fourth-order valence-electron chi connectivity index (χ4n) is 2.19. The molecule has 0 saturated heterocycles. The van der Waals surface area contributed by atoms with Gasteiger partial charge in [-0.3, -0.25) is 10.1 Å². The Morgan fingerprint density at radius 1 is 1.15 bits per heavy atom. The molecule has 3 rings (SSSR count).